The zero-order chi connectivity index (χ0) is 29.4. The number of carbonyl (C=O) groups excluding carboxylic acids is 2. The van der Waals surface area contributed by atoms with Gasteiger partial charge in [-0.25, -0.2) is 13.8 Å². The molecule has 2 amide bonds. The van der Waals surface area contributed by atoms with Gasteiger partial charge < -0.3 is 9.73 Å². The maximum atomic E-state index is 13.6. The average Bonchev–Trinajstić information content (AvgIpc) is 3.41. The quantitative estimate of drug-likeness (QED) is 0.154. The summed E-state index contributed by atoms with van der Waals surface area (Å²) in [5.41, 5.74) is 4.41. The van der Waals surface area contributed by atoms with E-state index in [9.17, 15) is 18.0 Å². The van der Waals surface area contributed by atoms with Crippen LogP contribution in [0.2, 0.25) is 10.0 Å². The van der Waals surface area contributed by atoms with Crippen LogP contribution in [0.25, 0.3) is 0 Å². The smallest absolute Gasteiger partial charge is 0.329 e. The molecule has 4 rings (SSSR count). The molecule has 0 saturated heterocycles. The summed E-state index contributed by atoms with van der Waals surface area (Å²) in [6.07, 6.45) is 4.37. The fraction of sp³-hybridized carbons (Fsp3) is 0.143. The Morgan fingerprint density at radius 2 is 1.76 bits per heavy atom. The van der Waals surface area contributed by atoms with Crippen LogP contribution in [0.1, 0.15) is 28.2 Å². The first-order valence-corrected chi connectivity index (χ1v) is 14.4. The van der Waals surface area contributed by atoms with Gasteiger partial charge in [-0.15, -0.1) is 0 Å². The number of hydrazone groups is 1. The highest BCUT2D eigenvalue weighted by Crippen LogP contribution is 2.26. The molecule has 0 spiro atoms. The molecule has 13 heteroatoms. The molecule has 10 nitrogen and oxygen atoms in total. The third-order valence-corrected chi connectivity index (χ3v) is 8.30. The lowest BCUT2D eigenvalue weighted by molar-refractivity contribution is -0.139. The first-order chi connectivity index (χ1) is 19.6. The number of sulfonamides is 1. The van der Waals surface area contributed by atoms with Crippen LogP contribution in [0.15, 0.2) is 93.5 Å². The number of halogens is 2. The molecule has 2 aromatic carbocycles. The highest BCUT2D eigenvalue weighted by molar-refractivity contribution is 7.89. The van der Waals surface area contributed by atoms with Gasteiger partial charge in [-0.05, 0) is 60.5 Å². The summed E-state index contributed by atoms with van der Waals surface area (Å²) in [5, 5.41) is 6.88. The molecule has 4 aromatic rings. The minimum absolute atomic E-state index is 0.00142. The number of carbonyl (C=O) groups is 2. The van der Waals surface area contributed by atoms with Crippen molar-refractivity contribution in [3.63, 3.8) is 0 Å². The molecule has 0 atom stereocenters. The number of hydrogen-bond donors (Lipinski definition) is 2. The maximum absolute atomic E-state index is 13.6. The van der Waals surface area contributed by atoms with E-state index in [0.717, 1.165) is 11.1 Å². The van der Waals surface area contributed by atoms with Gasteiger partial charge in [0.25, 0.3) is 0 Å². The van der Waals surface area contributed by atoms with Gasteiger partial charge in [0, 0.05) is 25.5 Å². The van der Waals surface area contributed by atoms with E-state index < -0.39 is 21.8 Å². The molecule has 0 saturated carbocycles. The fourth-order valence-corrected chi connectivity index (χ4v) is 5.34. The lowest BCUT2D eigenvalue weighted by Crippen LogP contribution is -2.37. The van der Waals surface area contributed by atoms with Crippen LogP contribution < -0.4 is 10.7 Å². The summed E-state index contributed by atoms with van der Waals surface area (Å²) < 4.78 is 34.1. The van der Waals surface area contributed by atoms with Gasteiger partial charge >= 0.3 is 11.8 Å². The number of aromatic nitrogens is 1. The molecule has 0 radical (unpaired) electrons. The first-order valence-electron chi connectivity index (χ1n) is 12.2. The zero-order valence-corrected chi connectivity index (χ0v) is 24.1. The van der Waals surface area contributed by atoms with Gasteiger partial charge in [-0.2, -0.15) is 9.41 Å². The zero-order valence-electron chi connectivity index (χ0n) is 21.8. The van der Waals surface area contributed by atoms with Crippen molar-refractivity contribution < 1.29 is 22.4 Å². The Kier molecular flexibility index (Phi) is 9.90. The fourth-order valence-electron chi connectivity index (χ4n) is 3.62. The Morgan fingerprint density at radius 3 is 2.46 bits per heavy atom. The van der Waals surface area contributed by atoms with E-state index in [1.54, 1.807) is 79.1 Å². The molecule has 2 aromatic heterocycles. The van der Waals surface area contributed by atoms with Crippen molar-refractivity contribution in [3.8, 4) is 0 Å². The Hall–Kier alpha value is -4.03. The third kappa shape index (κ3) is 8.24. The topological polar surface area (TPSA) is 134 Å². The Balaban J connectivity index is 1.43. The van der Waals surface area contributed by atoms with E-state index in [2.05, 4.69) is 20.8 Å². The summed E-state index contributed by atoms with van der Waals surface area (Å²) in [4.78, 5) is 28.1. The molecule has 2 N–H and O–H groups in total. The van der Waals surface area contributed by atoms with Gasteiger partial charge in [-0.3, -0.25) is 14.6 Å². The lowest BCUT2D eigenvalue weighted by Gasteiger charge is -2.22. The molecule has 0 fully saturated rings. The van der Waals surface area contributed by atoms with Crippen LogP contribution in [0, 0.1) is 6.92 Å². The summed E-state index contributed by atoms with van der Waals surface area (Å²) in [6.45, 7) is 1.90. The Labute approximate surface area is 247 Å². The summed E-state index contributed by atoms with van der Waals surface area (Å²) in [7, 11) is -3.93. The first kappa shape index (κ1) is 29.9. The van der Waals surface area contributed by atoms with E-state index in [-0.39, 0.29) is 30.3 Å². The number of aryl methyl sites for hydroxylation is 1. The minimum Gasteiger partial charge on any atom is -0.459 e. The molecule has 2 heterocycles. The Bertz CT molecular complexity index is 1660. The van der Waals surface area contributed by atoms with Crippen LogP contribution in [0.4, 0.5) is 0 Å². The van der Waals surface area contributed by atoms with Crippen LogP contribution in [-0.2, 0) is 39.2 Å². The van der Waals surface area contributed by atoms with Gasteiger partial charge in [0.2, 0.25) is 10.0 Å². The van der Waals surface area contributed by atoms with Crippen LogP contribution >= 0.6 is 23.2 Å². The molecule has 212 valence electrons. The van der Waals surface area contributed by atoms with Crippen molar-refractivity contribution in [2.75, 3.05) is 0 Å². The largest absolute Gasteiger partial charge is 0.459 e. The number of hydrogen-bond acceptors (Lipinski definition) is 7. The van der Waals surface area contributed by atoms with Gasteiger partial charge in [0.1, 0.15) is 11.5 Å². The molecular formula is C28H25Cl2N5O5S. The van der Waals surface area contributed by atoms with Crippen molar-refractivity contribution in [2.24, 2.45) is 5.10 Å². The van der Waals surface area contributed by atoms with Crippen LogP contribution in [-0.4, -0.2) is 35.7 Å². The number of pyridine rings is 1. The van der Waals surface area contributed by atoms with Gasteiger partial charge in [0.15, 0.2) is 0 Å². The molecule has 0 bridgehead atoms. The third-order valence-electron chi connectivity index (χ3n) is 5.76. The second kappa shape index (κ2) is 13.6. The highest BCUT2D eigenvalue weighted by Gasteiger charge is 2.26. The number of nitrogens with zero attached hydrogens (tertiary/aromatic N) is 3. The summed E-state index contributed by atoms with van der Waals surface area (Å²) in [6, 6.07) is 18.1. The van der Waals surface area contributed by atoms with E-state index in [1.165, 1.54) is 10.5 Å². The van der Waals surface area contributed by atoms with Crippen LogP contribution in [0.3, 0.4) is 0 Å². The molecule has 0 aliphatic heterocycles. The number of amides is 2. The van der Waals surface area contributed by atoms with E-state index in [1.807, 2.05) is 6.92 Å². The van der Waals surface area contributed by atoms with E-state index in [4.69, 9.17) is 27.6 Å². The highest BCUT2D eigenvalue weighted by atomic mass is 35.5. The van der Waals surface area contributed by atoms with Crippen molar-refractivity contribution in [3.05, 3.63) is 117 Å². The predicted molar refractivity (Wildman–Crippen MR) is 155 cm³/mol. The summed E-state index contributed by atoms with van der Waals surface area (Å²) in [5.74, 6) is -1.28. The average molecular weight is 615 g/mol. The molecule has 0 aliphatic carbocycles. The minimum atomic E-state index is -3.93. The van der Waals surface area contributed by atoms with Gasteiger partial charge in [0.05, 0.1) is 27.7 Å². The second-order valence-corrected chi connectivity index (χ2v) is 11.6. The monoisotopic (exact) mass is 613 g/mol. The number of furan rings is 1. The number of benzene rings is 2. The van der Waals surface area contributed by atoms with E-state index in [0.29, 0.717) is 21.4 Å². The molecule has 0 aliphatic rings. The standard InChI is InChI=1S/C28H25Cl2N5O5S/c1-19-4-9-24(10-5-19)41(38,39)35(17-20-6-11-25(29)26(30)13-20)18-23-8-7-22(40-23)16-33-34-28(37)27(36)32-15-21-3-2-12-31-14-21/h2-14,16H,15,17-18H2,1H3,(H,32,36)(H,34,37)/b33-16+. The number of nitrogens with one attached hydrogen (secondary N) is 2. The van der Waals surface area contributed by atoms with Crippen molar-refractivity contribution in [1.82, 2.24) is 20.0 Å². The van der Waals surface area contributed by atoms with Crippen molar-refractivity contribution >= 4 is 51.3 Å². The SMILES string of the molecule is Cc1ccc(S(=O)(=O)N(Cc2ccc(Cl)c(Cl)c2)Cc2ccc(/C=N/NC(=O)C(=O)NCc3cccnc3)o2)cc1. The van der Waals surface area contributed by atoms with E-state index >= 15 is 0 Å². The summed E-state index contributed by atoms with van der Waals surface area (Å²) >= 11 is 12.2. The molecule has 0 unspecified atom stereocenters. The Morgan fingerprint density at radius 1 is 0.976 bits per heavy atom. The predicted octanol–water partition coefficient (Wildman–Crippen LogP) is 4.45. The van der Waals surface area contributed by atoms with Crippen molar-refractivity contribution in [2.45, 2.75) is 31.5 Å². The van der Waals surface area contributed by atoms with Crippen molar-refractivity contribution in [1.29, 1.82) is 0 Å². The van der Waals surface area contributed by atoms with Crippen LogP contribution in [0.5, 0.6) is 0 Å². The normalized spacial score (nSPS) is 11.6. The maximum Gasteiger partial charge on any atom is 0.329 e. The molecule has 41 heavy (non-hydrogen) atoms. The molecular weight excluding hydrogens is 589 g/mol. The van der Waals surface area contributed by atoms with Gasteiger partial charge in [-0.1, -0.05) is 53.0 Å². The lowest BCUT2D eigenvalue weighted by atomic mass is 10.2. The number of rotatable bonds is 10. The second-order valence-electron chi connectivity index (χ2n) is 8.88.